The molecule has 96 valence electrons. The van der Waals surface area contributed by atoms with Crippen molar-refractivity contribution in [3.8, 4) is 0 Å². The molecule has 0 saturated carbocycles. The summed E-state index contributed by atoms with van der Waals surface area (Å²) in [5.41, 5.74) is 9.08. The van der Waals surface area contributed by atoms with E-state index < -0.39 is 0 Å². The van der Waals surface area contributed by atoms with Crippen LogP contribution in [0, 0.1) is 0 Å². The molecule has 0 fully saturated rings. The fourth-order valence-electron chi connectivity index (χ4n) is 2.01. The number of aryl methyl sites for hydroxylation is 2. The molecule has 1 atom stereocenters. The highest BCUT2D eigenvalue weighted by atomic mass is 35.5. The minimum atomic E-state index is -0.306. The molecule has 1 unspecified atom stereocenters. The molecule has 0 aliphatic rings. The molecule has 1 aromatic heterocycles. The predicted octanol–water partition coefficient (Wildman–Crippen LogP) is 3.34. The fourth-order valence-corrected chi connectivity index (χ4v) is 2.42. The number of hydrogen-bond acceptors (Lipinski definition) is 2. The van der Waals surface area contributed by atoms with Gasteiger partial charge in [-0.15, -0.1) is 0 Å². The van der Waals surface area contributed by atoms with Crippen molar-refractivity contribution in [3.63, 3.8) is 0 Å². The van der Waals surface area contributed by atoms with E-state index in [2.05, 4.69) is 12.0 Å². The van der Waals surface area contributed by atoms with Crippen molar-refractivity contribution in [3.05, 3.63) is 51.3 Å². The Morgan fingerprint density at radius 1 is 1.33 bits per heavy atom. The quantitative estimate of drug-likeness (QED) is 0.939. The average molecular weight is 284 g/mol. The van der Waals surface area contributed by atoms with Gasteiger partial charge in [-0.2, -0.15) is 5.10 Å². The van der Waals surface area contributed by atoms with E-state index in [0.29, 0.717) is 10.0 Å². The molecule has 0 amide bonds. The van der Waals surface area contributed by atoms with Gasteiger partial charge in [-0.3, -0.25) is 4.68 Å². The normalized spacial score (nSPS) is 12.7. The van der Waals surface area contributed by atoms with E-state index in [1.807, 2.05) is 13.2 Å². The van der Waals surface area contributed by atoms with Crippen LogP contribution < -0.4 is 5.73 Å². The van der Waals surface area contributed by atoms with E-state index in [4.69, 9.17) is 28.9 Å². The van der Waals surface area contributed by atoms with E-state index in [9.17, 15) is 0 Å². The van der Waals surface area contributed by atoms with E-state index in [0.717, 1.165) is 23.2 Å². The first-order chi connectivity index (χ1) is 8.52. The molecule has 1 heterocycles. The van der Waals surface area contributed by atoms with Crippen LogP contribution in [0.2, 0.25) is 10.0 Å². The van der Waals surface area contributed by atoms with Gasteiger partial charge < -0.3 is 5.73 Å². The molecule has 2 rings (SSSR count). The number of hydrogen-bond donors (Lipinski definition) is 1. The summed E-state index contributed by atoms with van der Waals surface area (Å²) < 4.78 is 1.77. The SMILES string of the molecule is CCc1nn(C)cc1C(N)c1cc(Cl)ccc1Cl. The third kappa shape index (κ3) is 2.53. The van der Waals surface area contributed by atoms with Gasteiger partial charge in [-0.1, -0.05) is 30.1 Å². The van der Waals surface area contributed by atoms with Gasteiger partial charge in [0.05, 0.1) is 11.7 Å². The number of nitrogens with zero attached hydrogens (tertiary/aromatic N) is 2. The first-order valence-corrected chi connectivity index (χ1v) is 6.51. The maximum atomic E-state index is 6.28. The van der Waals surface area contributed by atoms with Crippen molar-refractivity contribution in [1.82, 2.24) is 9.78 Å². The molecule has 0 radical (unpaired) electrons. The van der Waals surface area contributed by atoms with Crippen LogP contribution in [0.5, 0.6) is 0 Å². The Labute approximate surface area is 117 Å². The van der Waals surface area contributed by atoms with Crippen LogP contribution in [0.4, 0.5) is 0 Å². The predicted molar refractivity (Wildman–Crippen MR) is 75.1 cm³/mol. The Morgan fingerprint density at radius 3 is 2.72 bits per heavy atom. The highest BCUT2D eigenvalue weighted by Crippen LogP contribution is 2.30. The van der Waals surface area contributed by atoms with Crippen molar-refractivity contribution in [2.24, 2.45) is 12.8 Å². The van der Waals surface area contributed by atoms with Crippen LogP contribution in [0.15, 0.2) is 24.4 Å². The number of rotatable bonds is 3. The van der Waals surface area contributed by atoms with E-state index >= 15 is 0 Å². The maximum absolute atomic E-state index is 6.28. The highest BCUT2D eigenvalue weighted by molar-refractivity contribution is 6.33. The van der Waals surface area contributed by atoms with Gasteiger partial charge in [-0.05, 0) is 30.2 Å². The Kier molecular flexibility index (Phi) is 3.95. The molecule has 5 heteroatoms. The standard InChI is InChI=1S/C13H15Cl2N3/c1-3-12-10(7-18(2)17-12)13(16)9-6-8(14)4-5-11(9)15/h4-7,13H,3,16H2,1-2H3. The summed E-state index contributed by atoms with van der Waals surface area (Å²) in [7, 11) is 1.88. The summed E-state index contributed by atoms with van der Waals surface area (Å²) in [5, 5.41) is 5.64. The van der Waals surface area contributed by atoms with Crippen LogP contribution in [0.25, 0.3) is 0 Å². The van der Waals surface area contributed by atoms with E-state index in [1.54, 1.807) is 22.9 Å². The van der Waals surface area contributed by atoms with Crippen molar-refractivity contribution in [2.75, 3.05) is 0 Å². The number of nitrogens with two attached hydrogens (primary N) is 1. The highest BCUT2D eigenvalue weighted by Gasteiger charge is 2.18. The van der Waals surface area contributed by atoms with Crippen molar-refractivity contribution in [2.45, 2.75) is 19.4 Å². The Hall–Kier alpha value is -1.03. The summed E-state index contributed by atoms with van der Waals surface area (Å²) in [4.78, 5) is 0. The van der Waals surface area contributed by atoms with Gasteiger partial charge in [0.1, 0.15) is 0 Å². The first kappa shape index (κ1) is 13.4. The Morgan fingerprint density at radius 2 is 2.06 bits per heavy atom. The molecule has 0 aliphatic carbocycles. The Balaban J connectivity index is 2.46. The molecule has 1 aromatic carbocycles. The molecule has 2 N–H and O–H groups in total. The topological polar surface area (TPSA) is 43.8 Å². The van der Waals surface area contributed by atoms with Gasteiger partial charge in [-0.25, -0.2) is 0 Å². The molecule has 2 aromatic rings. The van der Waals surface area contributed by atoms with Crippen molar-refractivity contribution < 1.29 is 0 Å². The molecule has 0 bridgehead atoms. The summed E-state index contributed by atoms with van der Waals surface area (Å²) in [6, 6.07) is 5.02. The van der Waals surface area contributed by atoms with E-state index in [1.165, 1.54) is 0 Å². The second-order valence-corrected chi connectivity index (χ2v) is 5.05. The lowest BCUT2D eigenvalue weighted by Gasteiger charge is -2.14. The summed E-state index contributed by atoms with van der Waals surface area (Å²) in [6.45, 7) is 2.05. The van der Waals surface area contributed by atoms with Crippen LogP contribution in [-0.4, -0.2) is 9.78 Å². The fraction of sp³-hybridized carbons (Fsp3) is 0.308. The summed E-state index contributed by atoms with van der Waals surface area (Å²) in [6.07, 6.45) is 2.77. The summed E-state index contributed by atoms with van der Waals surface area (Å²) >= 11 is 12.2. The van der Waals surface area contributed by atoms with Gasteiger partial charge in [0.25, 0.3) is 0 Å². The monoisotopic (exact) mass is 283 g/mol. The van der Waals surface area contributed by atoms with Gasteiger partial charge in [0.15, 0.2) is 0 Å². The minimum absolute atomic E-state index is 0.306. The molecular weight excluding hydrogens is 269 g/mol. The number of aromatic nitrogens is 2. The lowest BCUT2D eigenvalue weighted by molar-refractivity contribution is 0.746. The zero-order valence-corrected chi connectivity index (χ0v) is 11.8. The molecule has 0 aliphatic heterocycles. The zero-order valence-electron chi connectivity index (χ0n) is 10.3. The van der Waals surface area contributed by atoms with Crippen LogP contribution in [-0.2, 0) is 13.5 Å². The average Bonchev–Trinajstić information content (AvgIpc) is 2.72. The minimum Gasteiger partial charge on any atom is -0.320 e. The van der Waals surface area contributed by atoms with Crippen molar-refractivity contribution in [1.29, 1.82) is 0 Å². The molecule has 0 saturated heterocycles. The lowest BCUT2D eigenvalue weighted by atomic mass is 9.99. The molecular formula is C13H15Cl2N3. The molecule has 0 spiro atoms. The van der Waals surface area contributed by atoms with Gasteiger partial charge >= 0.3 is 0 Å². The van der Waals surface area contributed by atoms with Crippen LogP contribution >= 0.6 is 23.2 Å². The third-order valence-electron chi connectivity index (χ3n) is 2.90. The van der Waals surface area contributed by atoms with Crippen LogP contribution in [0.1, 0.15) is 29.8 Å². The Bertz CT molecular complexity index is 563. The smallest absolute Gasteiger partial charge is 0.0672 e. The van der Waals surface area contributed by atoms with Gasteiger partial charge in [0.2, 0.25) is 0 Å². The third-order valence-corrected chi connectivity index (χ3v) is 3.48. The van der Waals surface area contributed by atoms with Crippen molar-refractivity contribution >= 4 is 23.2 Å². The van der Waals surface area contributed by atoms with Crippen LogP contribution in [0.3, 0.4) is 0 Å². The summed E-state index contributed by atoms with van der Waals surface area (Å²) in [5.74, 6) is 0. The van der Waals surface area contributed by atoms with E-state index in [-0.39, 0.29) is 6.04 Å². The van der Waals surface area contributed by atoms with Gasteiger partial charge in [0, 0.05) is 28.9 Å². The number of benzene rings is 1. The second kappa shape index (κ2) is 5.31. The maximum Gasteiger partial charge on any atom is 0.0672 e. The first-order valence-electron chi connectivity index (χ1n) is 5.76. The lowest BCUT2D eigenvalue weighted by Crippen LogP contribution is -2.13. The largest absolute Gasteiger partial charge is 0.320 e. The zero-order chi connectivity index (χ0) is 13.3. The number of halogens is 2. The second-order valence-electron chi connectivity index (χ2n) is 4.20. The molecule has 3 nitrogen and oxygen atoms in total. The molecule has 18 heavy (non-hydrogen) atoms.